The van der Waals surface area contributed by atoms with Crippen LogP contribution in [-0.2, 0) is 16.0 Å². The van der Waals surface area contributed by atoms with Crippen LogP contribution in [0.2, 0.25) is 0 Å². The van der Waals surface area contributed by atoms with Gasteiger partial charge < -0.3 is 21.3 Å². The van der Waals surface area contributed by atoms with E-state index in [1.54, 1.807) is 0 Å². The lowest BCUT2D eigenvalue weighted by atomic mass is 10.1. The molecule has 1 rings (SSSR count). The van der Waals surface area contributed by atoms with E-state index in [9.17, 15) is 9.59 Å². The van der Waals surface area contributed by atoms with E-state index in [0.717, 1.165) is 5.56 Å². The molecule has 0 bridgehead atoms. The zero-order valence-electron chi connectivity index (χ0n) is 10.5. The summed E-state index contributed by atoms with van der Waals surface area (Å²) in [6.45, 7) is -0.314. The van der Waals surface area contributed by atoms with Crippen molar-refractivity contribution in [3.05, 3.63) is 35.9 Å². The highest BCUT2D eigenvalue weighted by Gasteiger charge is 2.22. The second-order valence-electron chi connectivity index (χ2n) is 4.21. The lowest BCUT2D eigenvalue weighted by Gasteiger charge is -2.17. The number of carbonyl (C=O) groups is 2. The first-order valence-corrected chi connectivity index (χ1v) is 5.98. The van der Waals surface area contributed by atoms with Crippen LogP contribution in [0.25, 0.3) is 0 Å². The first-order valence-electron chi connectivity index (χ1n) is 5.98. The minimum absolute atomic E-state index is 0.0425. The number of hydrogen-bond acceptors (Lipinski definition) is 4. The second kappa shape index (κ2) is 7.50. The molecule has 0 fully saturated rings. The zero-order chi connectivity index (χ0) is 14.3. The maximum Gasteiger partial charge on any atom is 0.326 e. The topological polar surface area (TPSA) is 113 Å². The van der Waals surface area contributed by atoms with Gasteiger partial charge in [0.25, 0.3) is 0 Å². The fourth-order valence-corrected chi connectivity index (χ4v) is 1.63. The Labute approximate surface area is 111 Å². The zero-order valence-corrected chi connectivity index (χ0v) is 10.5. The Bertz CT molecular complexity index is 422. The van der Waals surface area contributed by atoms with Gasteiger partial charge in [-0.1, -0.05) is 30.3 Å². The summed E-state index contributed by atoms with van der Waals surface area (Å²) in [6.07, 6.45) is 0.289. The summed E-state index contributed by atoms with van der Waals surface area (Å²) in [6, 6.07) is 7.29. The van der Waals surface area contributed by atoms with Crippen LogP contribution in [0, 0.1) is 0 Å². The molecule has 0 saturated carbocycles. The highest BCUT2D eigenvalue weighted by atomic mass is 16.4. The quantitative estimate of drug-likeness (QED) is 0.532. The summed E-state index contributed by atoms with van der Waals surface area (Å²) in [5, 5.41) is 19.9. The van der Waals surface area contributed by atoms with Crippen molar-refractivity contribution < 1.29 is 19.8 Å². The fraction of sp³-hybridized carbons (Fsp3) is 0.385. The highest BCUT2D eigenvalue weighted by Crippen LogP contribution is 2.02. The van der Waals surface area contributed by atoms with E-state index in [0.29, 0.717) is 6.42 Å². The van der Waals surface area contributed by atoms with Gasteiger partial charge in [-0.3, -0.25) is 4.79 Å². The van der Waals surface area contributed by atoms with Crippen LogP contribution in [0.15, 0.2) is 30.3 Å². The maximum atomic E-state index is 11.8. The van der Waals surface area contributed by atoms with Gasteiger partial charge >= 0.3 is 5.97 Å². The number of amides is 1. The molecule has 2 atom stereocenters. The van der Waals surface area contributed by atoms with Crippen molar-refractivity contribution in [3.8, 4) is 0 Å². The molecule has 1 aromatic carbocycles. The standard InChI is InChI=1S/C13H18N2O4/c14-10(8-9-4-2-1-3-5-9)12(17)15-11(6-7-16)13(18)19/h1-5,10-11,16H,6-8,14H2,(H,15,17)(H,18,19)/t10-,11+/m1/s1. The molecule has 19 heavy (non-hydrogen) atoms. The molecule has 1 amide bonds. The summed E-state index contributed by atoms with van der Waals surface area (Å²) in [4.78, 5) is 22.6. The summed E-state index contributed by atoms with van der Waals surface area (Å²) >= 11 is 0. The highest BCUT2D eigenvalue weighted by molar-refractivity contribution is 5.86. The molecular weight excluding hydrogens is 248 g/mol. The third kappa shape index (κ3) is 5.07. The van der Waals surface area contributed by atoms with Crippen LogP contribution in [0.1, 0.15) is 12.0 Å². The molecule has 0 saturated heterocycles. The number of rotatable bonds is 7. The third-order valence-corrected chi connectivity index (χ3v) is 2.67. The number of nitrogens with one attached hydrogen (secondary N) is 1. The van der Waals surface area contributed by atoms with Crippen molar-refractivity contribution in [3.63, 3.8) is 0 Å². The van der Waals surface area contributed by atoms with Crippen molar-refractivity contribution in [2.75, 3.05) is 6.61 Å². The number of nitrogens with two attached hydrogens (primary N) is 1. The van der Waals surface area contributed by atoms with Gasteiger partial charge in [-0.2, -0.15) is 0 Å². The number of carboxylic acid groups (broad SMARTS) is 1. The van der Waals surface area contributed by atoms with Gasteiger partial charge in [0.1, 0.15) is 6.04 Å². The molecule has 0 unspecified atom stereocenters. The van der Waals surface area contributed by atoms with Crippen LogP contribution in [-0.4, -0.2) is 40.8 Å². The summed E-state index contributed by atoms with van der Waals surface area (Å²) in [5.74, 6) is -1.72. The molecule has 6 heteroatoms. The van der Waals surface area contributed by atoms with Gasteiger partial charge in [0.05, 0.1) is 6.04 Å². The maximum absolute atomic E-state index is 11.8. The first kappa shape index (κ1) is 15.1. The molecule has 104 valence electrons. The minimum atomic E-state index is -1.19. The van der Waals surface area contributed by atoms with Gasteiger partial charge in [-0.15, -0.1) is 0 Å². The fourth-order valence-electron chi connectivity index (χ4n) is 1.63. The number of hydrogen-bond donors (Lipinski definition) is 4. The average Bonchev–Trinajstić information content (AvgIpc) is 2.39. The summed E-state index contributed by atoms with van der Waals surface area (Å²) in [5.41, 5.74) is 6.63. The van der Waals surface area contributed by atoms with Gasteiger partial charge in [0.15, 0.2) is 0 Å². The van der Waals surface area contributed by atoms with Crippen molar-refractivity contribution in [2.24, 2.45) is 5.73 Å². The number of aliphatic hydroxyl groups is 1. The monoisotopic (exact) mass is 266 g/mol. The summed E-state index contributed by atoms with van der Waals surface area (Å²) < 4.78 is 0. The second-order valence-corrected chi connectivity index (χ2v) is 4.21. The predicted octanol–water partition coefficient (Wildman–Crippen LogP) is -0.492. The molecule has 1 aromatic rings. The predicted molar refractivity (Wildman–Crippen MR) is 69.4 cm³/mol. The molecule has 0 heterocycles. The Hall–Kier alpha value is -1.92. The molecule has 0 aromatic heterocycles. The van der Waals surface area contributed by atoms with Crippen molar-refractivity contribution in [1.29, 1.82) is 0 Å². The van der Waals surface area contributed by atoms with Gasteiger partial charge in [0, 0.05) is 13.0 Å². The van der Waals surface area contributed by atoms with Crippen LogP contribution in [0.4, 0.5) is 0 Å². The largest absolute Gasteiger partial charge is 0.480 e. The van der Waals surface area contributed by atoms with E-state index >= 15 is 0 Å². The Kier molecular flexibility index (Phi) is 5.98. The molecule has 0 aliphatic heterocycles. The van der Waals surface area contributed by atoms with E-state index in [-0.39, 0.29) is 13.0 Å². The number of aliphatic hydroxyl groups excluding tert-OH is 1. The van der Waals surface area contributed by atoms with Crippen LogP contribution >= 0.6 is 0 Å². The van der Waals surface area contributed by atoms with Gasteiger partial charge in [0.2, 0.25) is 5.91 Å². The average molecular weight is 266 g/mol. The Balaban J connectivity index is 2.54. The first-order chi connectivity index (χ1) is 9.04. The number of benzene rings is 1. The molecule has 0 aliphatic rings. The van der Waals surface area contributed by atoms with Crippen LogP contribution in [0.5, 0.6) is 0 Å². The lowest BCUT2D eigenvalue weighted by molar-refractivity contribution is -0.142. The van der Waals surface area contributed by atoms with Crippen molar-refractivity contribution >= 4 is 11.9 Å². The summed E-state index contributed by atoms with van der Waals surface area (Å²) in [7, 11) is 0. The van der Waals surface area contributed by atoms with Gasteiger partial charge in [-0.05, 0) is 12.0 Å². The van der Waals surface area contributed by atoms with E-state index in [4.69, 9.17) is 15.9 Å². The van der Waals surface area contributed by atoms with Crippen molar-refractivity contribution in [1.82, 2.24) is 5.32 Å². The molecule has 5 N–H and O–H groups in total. The normalized spacial score (nSPS) is 13.6. The smallest absolute Gasteiger partial charge is 0.326 e. The molecular formula is C13H18N2O4. The molecule has 0 radical (unpaired) electrons. The Morgan fingerprint density at radius 2 is 1.89 bits per heavy atom. The third-order valence-electron chi connectivity index (χ3n) is 2.67. The van der Waals surface area contributed by atoms with E-state index < -0.39 is 24.0 Å². The lowest BCUT2D eigenvalue weighted by Crippen LogP contribution is -2.49. The number of carboxylic acids is 1. The van der Waals surface area contributed by atoms with E-state index in [1.807, 2.05) is 30.3 Å². The Morgan fingerprint density at radius 3 is 2.42 bits per heavy atom. The van der Waals surface area contributed by atoms with Crippen molar-refractivity contribution in [2.45, 2.75) is 24.9 Å². The minimum Gasteiger partial charge on any atom is -0.480 e. The SMILES string of the molecule is N[C@H](Cc1ccccc1)C(=O)N[C@@H](CCO)C(=O)O. The molecule has 0 aliphatic carbocycles. The number of aliphatic carboxylic acids is 1. The Morgan fingerprint density at radius 1 is 1.26 bits per heavy atom. The molecule has 6 nitrogen and oxygen atoms in total. The van der Waals surface area contributed by atoms with Crippen LogP contribution in [0.3, 0.4) is 0 Å². The van der Waals surface area contributed by atoms with E-state index in [1.165, 1.54) is 0 Å². The van der Waals surface area contributed by atoms with Gasteiger partial charge in [-0.25, -0.2) is 4.79 Å². The van der Waals surface area contributed by atoms with E-state index in [2.05, 4.69) is 5.32 Å². The number of carbonyl (C=O) groups excluding carboxylic acids is 1. The van der Waals surface area contributed by atoms with Crippen LogP contribution < -0.4 is 11.1 Å². The molecule has 0 spiro atoms.